The van der Waals surface area contributed by atoms with Gasteiger partial charge in [0.2, 0.25) is 0 Å². The molecule has 1 aromatic rings. The Balaban J connectivity index is 1.69. The van der Waals surface area contributed by atoms with Crippen molar-refractivity contribution in [2.24, 2.45) is 0 Å². The molecule has 0 atom stereocenters. The number of carbonyl (C=O) groups excluding carboxylic acids is 1. The summed E-state index contributed by atoms with van der Waals surface area (Å²) < 4.78 is 0. The highest BCUT2D eigenvalue weighted by atomic mass is 16.2. The van der Waals surface area contributed by atoms with Gasteiger partial charge in [0.1, 0.15) is 0 Å². The van der Waals surface area contributed by atoms with Crippen molar-refractivity contribution in [3.8, 4) is 0 Å². The van der Waals surface area contributed by atoms with Gasteiger partial charge in [0.15, 0.2) is 5.82 Å². The van der Waals surface area contributed by atoms with Crippen molar-refractivity contribution < 1.29 is 4.79 Å². The lowest BCUT2D eigenvalue weighted by atomic mass is 10.0. The maximum absolute atomic E-state index is 12.9. The third-order valence-corrected chi connectivity index (χ3v) is 5.90. The number of aromatic amines is 1. The Bertz CT molecular complexity index is 811. The molecule has 1 aromatic heterocycles. The molecule has 29 heavy (non-hydrogen) atoms. The van der Waals surface area contributed by atoms with Crippen molar-refractivity contribution in [1.29, 1.82) is 0 Å². The van der Waals surface area contributed by atoms with Crippen LogP contribution in [-0.4, -0.2) is 70.3 Å². The molecule has 2 aliphatic rings. The molecule has 1 aliphatic heterocycles. The summed E-state index contributed by atoms with van der Waals surface area (Å²) in [6.07, 6.45) is 16.2. The third kappa shape index (κ3) is 5.07. The number of aromatic nitrogens is 2. The number of hydrogen-bond acceptors (Lipinski definition) is 4. The van der Waals surface area contributed by atoms with E-state index in [4.69, 9.17) is 0 Å². The summed E-state index contributed by atoms with van der Waals surface area (Å²) in [6, 6.07) is 0.268. The van der Waals surface area contributed by atoms with Crippen LogP contribution in [0.2, 0.25) is 0 Å². The van der Waals surface area contributed by atoms with E-state index in [-0.39, 0.29) is 11.9 Å². The topological polar surface area (TPSA) is 55.5 Å². The molecular weight excluding hydrogens is 362 g/mol. The van der Waals surface area contributed by atoms with E-state index < -0.39 is 0 Å². The fourth-order valence-electron chi connectivity index (χ4n) is 3.91. The van der Waals surface area contributed by atoms with Crippen LogP contribution < -0.4 is 0 Å². The van der Waals surface area contributed by atoms with Crippen molar-refractivity contribution in [1.82, 2.24) is 24.7 Å². The van der Waals surface area contributed by atoms with Gasteiger partial charge in [-0.1, -0.05) is 31.7 Å². The van der Waals surface area contributed by atoms with E-state index in [9.17, 15) is 4.79 Å². The number of rotatable bonds is 7. The Labute approximate surface area is 174 Å². The van der Waals surface area contributed by atoms with Gasteiger partial charge in [-0.25, -0.2) is 4.98 Å². The number of imidazole rings is 1. The second kappa shape index (κ2) is 9.74. The first-order chi connectivity index (χ1) is 14.0. The first-order valence-corrected chi connectivity index (χ1v) is 10.5. The molecule has 1 N–H and O–H groups in total. The summed E-state index contributed by atoms with van der Waals surface area (Å²) in [5.41, 5.74) is 2.85. The lowest BCUT2D eigenvalue weighted by Crippen LogP contribution is -2.45. The van der Waals surface area contributed by atoms with Gasteiger partial charge in [-0.05, 0) is 38.3 Å². The van der Waals surface area contributed by atoms with E-state index in [0.717, 1.165) is 62.3 Å². The normalized spacial score (nSPS) is 18.4. The van der Waals surface area contributed by atoms with Crippen LogP contribution in [0, 0.1) is 0 Å². The fourth-order valence-corrected chi connectivity index (χ4v) is 3.91. The van der Waals surface area contributed by atoms with Gasteiger partial charge in [0.05, 0.1) is 11.9 Å². The quantitative estimate of drug-likeness (QED) is 0.716. The Kier molecular flexibility index (Phi) is 7.09. The first-order valence-electron chi connectivity index (χ1n) is 10.5. The summed E-state index contributed by atoms with van der Waals surface area (Å²) in [5, 5.41) is 0. The minimum atomic E-state index is -0.0547. The highest BCUT2D eigenvalue weighted by Crippen LogP contribution is 2.20. The predicted molar refractivity (Wildman–Crippen MR) is 118 cm³/mol. The van der Waals surface area contributed by atoms with Crippen molar-refractivity contribution >= 4 is 11.5 Å². The minimum Gasteiger partial charge on any atom is -0.351 e. The first kappa shape index (κ1) is 21.1. The molecule has 0 unspecified atom stereocenters. The Morgan fingerprint density at radius 1 is 1.34 bits per heavy atom. The molecule has 1 saturated heterocycles. The van der Waals surface area contributed by atoms with Crippen LogP contribution in [-0.2, 0) is 0 Å². The fraction of sp³-hybridized carbons (Fsp3) is 0.478. The number of amides is 1. The van der Waals surface area contributed by atoms with Crippen LogP contribution in [0.15, 0.2) is 49.0 Å². The van der Waals surface area contributed by atoms with Gasteiger partial charge in [-0.3, -0.25) is 4.79 Å². The number of piperidine rings is 1. The van der Waals surface area contributed by atoms with Crippen molar-refractivity contribution in [3.63, 3.8) is 0 Å². The van der Waals surface area contributed by atoms with Gasteiger partial charge in [0, 0.05) is 50.7 Å². The number of likely N-dealkylation sites (tertiary alicyclic amines) is 1. The standard InChI is InChI=1S/C23H33N5O/c1-5-18(17-26(3)19-10-8-7-9-11-19)21-16-24-22(25-21)23(29)27(4)20-12-14-28(6-2)15-13-20/h5,8,10-11,16-17,20H,1,6-7,9,12-15H2,2-4H3,(H,24,25)/b18-17+. The largest absolute Gasteiger partial charge is 0.351 e. The molecular formula is C23H33N5O. The minimum absolute atomic E-state index is 0.0547. The summed E-state index contributed by atoms with van der Waals surface area (Å²) in [6.45, 7) is 9.28. The molecule has 1 fully saturated rings. The summed E-state index contributed by atoms with van der Waals surface area (Å²) in [5.74, 6) is 0.327. The SMILES string of the molecule is C=C/C(=C\N(C)C1=CCCC=C1)c1cnc(C(=O)N(C)C2CCN(CC)CC2)[nH]1. The monoisotopic (exact) mass is 395 g/mol. The van der Waals surface area contributed by atoms with Crippen LogP contribution in [0.25, 0.3) is 5.57 Å². The highest BCUT2D eigenvalue weighted by molar-refractivity contribution is 5.91. The molecule has 0 bridgehead atoms. The number of hydrogen-bond donors (Lipinski definition) is 1. The number of likely N-dealkylation sites (N-methyl/N-ethyl adjacent to an activating group) is 1. The van der Waals surface area contributed by atoms with E-state index in [1.165, 1.54) is 0 Å². The number of H-pyrrole nitrogens is 1. The van der Waals surface area contributed by atoms with Gasteiger partial charge < -0.3 is 19.7 Å². The van der Waals surface area contributed by atoms with Crippen LogP contribution in [0.3, 0.4) is 0 Å². The zero-order valence-corrected chi connectivity index (χ0v) is 17.9. The van der Waals surface area contributed by atoms with Crippen LogP contribution in [0.5, 0.6) is 0 Å². The zero-order valence-electron chi connectivity index (χ0n) is 17.9. The van der Waals surface area contributed by atoms with Gasteiger partial charge in [-0.15, -0.1) is 0 Å². The molecule has 0 saturated carbocycles. The van der Waals surface area contributed by atoms with E-state index in [1.54, 1.807) is 12.3 Å². The Morgan fingerprint density at radius 2 is 2.10 bits per heavy atom. The van der Waals surface area contributed by atoms with Crippen LogP contribution in [0.4, 0.5) is 0 Å². The summed E-state index contributed by atoms with van der Waals surface area (Å²) in [4.78, 5) is 26.8. The zero-order chi connectivity index (χ0) is 20.8. The van der Waals surface area contributed by atoms with Crippen molar-refractivity contribution in [3.05, 3.63) is 60.5 Å². The second-order valence-electron chi connectivity index (χ2n) is 7.74. The Morgan fingerprint density at radius 3 is 2.72 bits per heavy atom. The molecule has 0 aromatic carbocycles. The highest BCUT2D eigenvalue weighted by Gasteiger charge is 2.26. The van der Waals surface area contributed by atoms with E-state index >= 15 is 0 Å². The smallest absolute Gasteiger partial charge is 0.289 e. The molecule has 0 radical (unpaired) electrons. The number of carbonyl (C=O) groups is 1. The average molecular weight is 396 g/mol. The van der Waals surface area contributed by atoms with Crippen LogP contribution in [0.1, 0.15) is 48.9 Å². The number of nitrogens with zero attached hydrogens (tertiary/aromatic N) is 4. The molecule has 3 rings (SSSR count). The average Bonchev–Trinajstić information content (AvgIpc) is 3.27. The van der Waals surface area contributed by atoms with Gasteiger partial charge >= 0.3 is 0 Å². The maximum atomic E-state index is 12.9. The maximum Gasteiger partial charge on any atom is 0.289 e. The Hall–Kier alpha value is -2.60. The molecule has 6 heteroatoms. The third-order valence-electron chi connectivity index (χ3n) is 5.90. The van der Waals surface area contributed by atoms with Gasteiger partial charge in [0.25, 0.3) is 5.91 Å². The molecule has 1 aliphatic carbocycles. The van der Waals surface area contributed by atoms with E-state index in [2.05, 4.69) is 51.5 Å². The van der Waals surface area contributed by atoms with Crippen LogP contribution >= 0.6 is 0 Å². The lowest BCUT2D eigenvalue weighted by Gasteiger charge is -2.35. The van der Waals surface area contributed by atoms with Gasteiger partial charge in [-0.2, -0.15) is 0 Å². The molecule has 0 spiro atoms. The molecule has 1 amide bonds. The molecule has 2 heterocycles. The van der Waals surface area contributed by atoms with Crippen molar-refractivity contribution in [2.45, 2.75) is 38.6 Å². The molecule has 6 nitrogen and oxygen atoms in total. The number of nitrogens with one attached hydrogen (secondary N) is 1. The van der Waals surface area contributed by atoms with Crippen molar-refractivity contribution in [2.75, 3.05) is 33.7 Å². The summed E-state index contributed by atoms with van der Waals surface area (Å²) in [7, 11) is 3.90. The molecule has 156 valence electrons. The second-order valence-corrected chi connectivity index (χ2v) is 7.74. The summed E-state index contributed by atoms with van der Waals surface area (Å²) >= 11 is 0. The van der Waals surface area contributed by atoms with E-state index in [0.29, 0.717) is 5.82 Å². The lowest BCUT2D eigenvalue weighted by molar-refractivity contribution is 0.0636. The predicted octanol–water partition coefficient (Wildman–Crippen LogP) is 3.66. The van der Waals surface area contributed by atoms with E-state index in [1.807, 2.05) is 25.2 Å². The number of allylic oxidation sites excluding steroid dienone is 5.